The lowest BCUT2D eigenvalue weighted by Gasteiger charge is -2.14. The van der Waals surface area contributed by atoms with E-state index in [4.69, 9.17) is 30.2 Å². The average Bonchev–Trinajstić information content (AvgIpc) is 3.41. The van der Waals surface area contributed by atoms with Crippen molar-refractivity contribution in [2.45, 2.75) is 6.92 Å². The van der Waals surface area contributed by atoms with E-state index in [9.17, 15) is 0 Å². The predicted molar refractivity (Wildman–Crippen MR) is 124 cm³/mol. The Labute approximate surface area is 188 Å². The van der Waals surface area contributed by atoms with Gasteiger partial charge in [-0.25, -0.2) is 4.98 Å². The molecule has 0 atom stereocenters. The monoisotopic (exact) mass is 454 g/mol. The van der Waals surface area contributed by atoms with E-state index < -0.39 is 0 Å². The minimum atomic E-state index is 0.268. The highest BCUT2D eigenvalue weighted by Gasteiger charge is 2.20. The molecule has 0 aliphatic heterocycles. The van der Waals surface area contributed by atoms with Crippen LogP contribution >= 0.6 is 11.3 Å². The van der Waals surface area contributed by atoms with E-state index in [1.807, 2.05) is 19.1 Å². The number of methoxy groups -OCH3 is 3. The highest BCUT2D eigenvalue weighted by Crippen LogP contribution is 2.42. The Bertz CT molecular complexity index is 1240. The van der Waals surface area contributed by atoms with Crippen LogP contribution in [0.2, 0.25) is 0 Å². The molecule has 0 radical (unpaired) electrons. The van der Waals surface area contributed by atoms with E-state index in [0.717, 1.165) is 11.1 Å². The molecule has 0 saturated heterocycles. The van der Waals surface area contributed by atoms with Crippen LogP contribution in [0.5, 0.6) is 17.2 Å². The lowest BCUT2D eigenvalue weighted by molar-refractivity contribution is 0.324. The minimum Gasteiger partial charge on any atom is -0.493 e. The van der Waals surface area contributed by atoms with Crippen LogP contribution in [0.25, 0.3) is 22.2 Å². The highest BCUT2D eigenvalue weighted by atomic mass is 32.1. The van der Waals surface area contributed by atoms with Gasteiger partial charge in [-0.3, -0.25) is 0 Å². The van der Waals surface area contributed by atoms with Crippen molar-refractivity contribution < 1.29 is 18.7 Å². The van der Waals surface area contributed by atoms with Crippen molar-refractivity contribution in [1.29, 1.82) is 0 Å². The first kappa shape index (κ1) is 21.2. The van der Waals surface area contributed by atoms with Gasteiger partial charge < -0.3 is 35.5 Å². The van der Waals surface area contributed by atoms with Crippen molar-refractivity contribution in [3.05, 3.63) is 35.9 Å². The molecule has 0 aliphatic rings. The lowest BCUT2D eigenvalue weighted by Crippen LogP contribution is -1.97. The molecule has 0 spiro atoms. The summed E-state index contributed by atoms with van der Waals surface area (Å²) >= 11 is 1.28. The third kappa shape index (κ3) is 3.97. The third-order valence-electron chi connectivity index (χ3n) is 4.69. The molecule has 0 saturated carbocycles. The second kappa shape index (κ2) is 8.63. The topological polar surface area (TPSA) is 144 Å². The molecule has 10 nitrogen and oxygen atoms in total. The number of ether oxygens (including phenoxy) is 3. The van der Waals surface area contributed by atoms with Gasteiger partial charge in [0.25, 0.3) is 5.89 Å². The number of rotatable bonds is 7. The van der Waals surface area contributed by atoms with Crippen molar-refractivity contribution in [3.8, 4) is 39.4 Å². The number of aromatic nitrogens is 3. The number of nitrogens with one attached hydrogen (secondary N) is 1. The molecule has 0 amide bonds. The van der Waals surface area contributed by atoms with E-state index >= 15 is 0 Å². The Morgan fingerprint density at radius 1 is 0.969 bits per heavy atom. The van der Waals surface area contributed by atoms with Gasteiger partial charge >= 0.3 is 0 Å². The Morgan fingerprint density at radius 3 is 2.34 bits per heavy atom. The number of nitrogens with zero attached hydrogens (tertiary/aromatic N) is 3. The second-order valence-electron chi connectivity index (χ2n) is 6.77. The van der Waals surface area contributed by atoms with Crippen LogP contribution in [-0.2, 0) is 0 Å². The maximum Gasteiger partial charge on any atom is 0.272 e. The molecule has 2 aromatic heterocycles. The van der Waals surface area contributed by atoms with Crippen LogP contribution in [-0.4, -0.2) is 36.5 Å². The van der Waals surface area contributed by atoms with Crippen molar-refractivity contribution in [3.63, 3.8) is 0 Å². The van der Waals surface area contributed by atoms with Crippen LogP contribution in [0.1, 0.15) is 5.56 Å². The molecule has 4 aromatic rings. The Hall–Kier alpha value is -3.99. The standard InChI is InChI=1S/C21H22N6O4S/c1-10-5-6-11(22)7-13(10)19-26-20(31-27-19)17-18(23)25-21(32-17)24-12-8-14(28-2)16(30-4)15(9-12)29-3/h5-9H,22-23H2,1-4H3,(H,24,25). The number of hydrogen-bond acceptors (Lipinski definition) is 11. The third-order valence-corrected chi connectivity index (χ3v) is 5.67. The number of nitrogen functional groups attached to an aromatic ring is 2. The van der Waals surface area contributed by atoms with Gasteiger partial charge in [0.1, 0.15) is 10.7 Å². The average molecular weight is 455 g/mol. The fraction of sp³-hybridized carbons (Fsp3) is 0.190. The van der Waals surface area contributed by atoms with E-state index in [-0.39, 0.29) is 11.7 Å². The van der Waals surface area contributed by atoms with Crippen LogP contribution in [0.3, 0.4) is 0 Å². The molecule has 2 heterocycles. The van der Waals surface area contributed by atoms with E-state index in [0.29, 0.717) is 44.5 Å². The number of hydrogen-bond donors (Lipinski definition) is 3. The van der Waals surface area contributed by atoms with E-state index in [1.165, 1.54) is 11.3 Å². The minimum absolute atomic E-state index is 0.268. The summed E-state index contributed by atoms with van der Waals surface area (Å²) in [5.74, 6) is 2.49. The predicted octanol–water partition coefficient (Wildman–Crippen LogP) is 4.10. The zero-order valence-electron chi connectivity index (χ0n) is 17.9. The molecule has 0 fully saturated rings. The molecular formula is C21H22N6O4S. The van der Waals surface area contributed by atoms with E-state index in [2.05, 4.69) is 20.4 Å². The summed E-state index contributed by atoms with van der Waals surface area (Å²) in [6, 6.07) is 9.07. The normalized spacial score (nSPS) is 10.8. The van der Waals surface area contributed by atoms with Gasteiger partial charge in [-0.05, 0) is 24.6 Å². The number of aryl methyl sites for hydroxylation is 1. The number of nitrogens with two attached hydrogens (primary N) is 2. The molecule has 32 heavy (non-hydrogen) atoms. The summed E-state index contributed by atoms with van der Waals surface area (Å²) < 4.78 is 21.6. The van der Waals surface area contributed by atoms with Gasteiger partial charge in [0.15, 0.2) is 16.6 Å². The Morgan fingerprint density at radius 2 is 1.69 bits per heavy atom. The Kier molecular flexibility index (Phi) is 5.73. The highest BCUT2D eigenvalue weighted by molar-refractivity contribution is 7.19. The summed E-state index contributed by atoms with van der Waals surface area (Å²) in [6.07, 6.45) is 0. The largest absolute Gasteiger partial charge is 0.493 e. The fourth-order valence-electron chi connectivity index (χ4n) is 3.12. The quantitative estimate of drug-likeness (QED) is 0.349. The van der Waals surface area contributed by atoms with Gasteiger partial charge in [0.2, 0.25) is 11.6 Å². The summed E-state index contributed by atoms with van der Waals surface area (Å²) in [7, 11) is 4.65. The molecule has 0 bridgehead atoms. The number of thiazole rings is 1. The maximum absolute atomic E-state index is 6.13. The summed E-state index contributed by atoms with van der Waals surface area (Å²) in [6.45, 7) is 1.95. The zero-order chi connectivity index (χ0) is 22.8. The lowest BCUT2D eigenvalue weighted by atomic mass is 10.1. The SMILES string of the molecule is COc1cc(Nc2nc(N)c(-c3nc(-c4cc(N)ccc4C)no3)s2)cc(OC)c1OC. The summed E-state index contributed by atoms with van der Waals surface area (Å²) in [5.41, 5.74) is 15.1. The molecule has 2 aromatic carbocycles. The molecule has 0 unspecified atom stereocenters. The van der Waals surface area contributed by atoms with Crippen LogP contribution in [0.4, 0.5) is 22.3 Å². The molecular weight excluding hydrogens is 432 g/mol. The van der Waals surface area contributed by atoms with Gasteiger partial charge in [-0.2, -0.15) is 4.98 Å². The molecule has 11 heteroatoms. The first-order valence-electron chi connectivity index (χ1n) is 9.47. The number of benzene rings is 2. The van der Waals surface area contributed by atoms with E-state index in [1.54, 1.807) is 39.5 Å². The first-order valence-corrected chi connectivity index (χ1v) is 10.3. The second-order valence-corrected chi connectivity index (χ2v) is 7.77. The molecule has 4 rings (SSSR count). The van der Waals surface area contributed by atoms with Crippen molar-refractivity contribution in [2.75, 3.05) is 38.1 Å². The zero-order valence-corrected chi connectivity index (χ0v) is 18.7. The van der Waals surface area contributed by atoms with Crippen LogP contribution < -0.4 is 31.0 Å². The maximum atomic E-state index is 6.13. The van der Waals surface area contributed by atoms with Crippen molar-refractivity contribution >= 4 is 33.7 Å². The first-order chi connectivity index (χ1) is 15.4. The van der Waals surface area contributed by atoms with Gasteiger partial charge in [-0.1, -0.05) is 22.6 Å². The molecule has 5 N–H and O–H groups in total. The van der Waals surface area contributed by atoms with Crippen molar-refractivity contribution in [2.24, 2.45) is 0 Å². The van der Waals surface area contributed by atoms with Crippen molar-refractivity contribution in [1.82, 2.24) is 15.1 Å². The van der Waals surface area contributed by atoms with Crippen LogP contribution in [0, 0.1) is 6.92 Å². The van der Waals surface area contributed by atoms with Crippen LogP contribution in [0.15, 0.2) is 34.9 Å². The van der Waals surface area contributed by atoms with Gasteiger partial charge in [0, 0.05) is 29.1 Å². The van der Waals surface area contributed by atoms with Gasteiger partial charge in [0.05, 0.1) is 21.3 Å². The summed E-state index contributed by atoms with van der Waals surface area (Å²) in [5, 5.41) is 7.81. The smallest absolute Gasteiger partial charge is 0.272 e. The fourth-order valence-corrected chi connectivity index (χ4v) is 3.95. The summed E-state index contributed by atoms with van der Waals surface area (Å²) in [4.78, 5) is 9.41. The molecule has 0 aliphatic carbocycles. The Balaban J connectivity index is 1.63. The number of anilines is 4. The van der Waals surface area contributed by atoms with Gasteiger partial charge in [-0.15, -0.1) is 0 Å². The molecule has 166 valence electrons.